The zero-order valence-corrected chi connectivity index (χ0v) is 28.6. The van der Waals surface area contributed by atoms with Gasteiger partial charge in [0.2, 0.25) is 17.7 Å². The van der Waals surface area contributed by atoms with Crippen LogP contribution in [0.25, 0.3) is 0 Å². The Balaban J connectivity index is 1.28. The monoisotopic (exact) mass is 653 g/mol. The van der Waals surface area contributed by atoms with Gasteiger partial charge in [-0.1, -0.05) is 72.8 Å². The summed E-state index contributed by atoms with van der Waals surface area (Å²) in [7, 11) is 5.52. The lowest BCUT2D eigenvalue weighted by molar-refractivity contribution is -0.143. The number of nitrogens with one attached hydrogen (secondary N) is 3. The fourth-order valence-electron chi connectivity index (χ4n) is 7.21. The fourth-order valence-corrected chi connectivity index (χ4v) is 7.21. The number of methoxy groups -OCH3 is 1. The molecule has 0 bridgehead atoms. The smallest absolute Gasteiger partial charge is 0.246 e. The summed E-state index contributed by atoms with van der Waals surface area (Å²) in [5, 5.41) is 9.45. The molecule has 256 valence electrons. The first-order valence-corrected chi connectivity index (χ1v) is 17.3. The molecule has 3 N–H and O–H groups in total. The summed E-state index contributed by atoms with van der Waals surface area (Å²) in [6.07, 6.45) is 5.01. The standard InChI is InChI=1S/C39H51N5O4/c1-40-34(26-29-10-6-4-7-11-29)37(45)42-36-31(23-25-43(2)27-30-12-8-5-9-13-30)16-17-32-18-21-35(44(32)39(36)47)38(46)41-24-22-28-14-19-33(48-3)20-15-28/h4-15,19-20,31-32,34-36,40H,16-18,21-27H2,1-3H3,(H,41,46)(H,42,45)/t31-,32+,34-,35+,36+/m1/s1. The van der Waals surface area contributed by atoms with E-state index >= 15 is 0 Å². The molecule has 3 aromatic rings. The van der Waals surface area contributed by atoms with Crippen molar-refractivity contribution in [1.29, 1.82) is 0 Å². The Morgan fingerprint density at radius 1 is 0.896 bits per heavy atom. The number of amides is 3. The van der Waals surface area contributed by atoms with Gasteiger partial charge in [-0.3, -0.25) is 14.4 Å². The SMILES string of the molecule is CN[C@H](Cc1ccccc1)C(=O)N[C@@H]1C(=O)N2[C@@H](CC[C@@H]1CCN(C)Cc1ccccc1)CC[C@H]2C(=O)NCCc1ccc(OC)cc1. The van der Waals surface area contributed by atoms with Gasteiger partial charge in [0.15, 0.2) is 0 Å². The summed E-state index contributed by atoms with van der Waals surface area (Å²) in [6, 6.07) is 26.3. The van der Waals surface area contributed by atoms with E-state index in [-0.39, 0.29) is 29.7 Å². The number of hydrogen-bond donors (Lipinski definition) is 3. The number of carbonyl (C=O) groups excluding carboxylic acids is 3. The number of nitrogens with zero attached hydrogens (tertiary/aromatic N) is 2. The van der Waals surface area contributed by atoms with E-state index in [9.17, 15) is 14.4 Å². The second kappa shape index (κ2) is 17.3. The van der Waals surface area contributed by atoms with Crippen LogP contribution in [-0.2, 0) is 33.8 Å². The summed E-state index contributed by atoms with van der Waals surface area (Å²) < 4.78 is 5.25. The van der Waals surface area contributed by atoms with Crippen molar-refractivity contribution in [1.82, 2.24) is 25.8 Å². The topological polar surface area (TPSA) is 103 Å². The van der Waals surface area contributed by atoms with Gasteiger partial charge in [-0.15, -0.1) is 0 Å². The summed E-state index contributed by atoms with van der Waals surface area (Å²) in [5.41, 5.74) is 3.38. The van der Waals surface area contributed by atoms with Crippen LogP contribution in [0.15, 0.2) is 84.9 Å². The molecule has 0 aliphatic carbocycles. The number of fused-ring (bicyclic) bond motifs is 1. The molecule has 0 saturated carbocycles. The van der Waals surface area contributed by atoms with E-state index < -0.39 is 18.1 Å². The molecule has 48 heavy (non-hydrogen) atoms. The maximum atomic E-state index is 14.5. The summed E-state index contributed by atoms with van der Waals surface area (Å²) >= 11 is 0. The predicted octanol–water partition coefficient (Wildman–Crippen LogP) is 3.96. The van der Waals surface area contributed by atoms with E-state index in [1.807, 2.05) is 77.7 Å². The van der Waals surface area contributed by atoms with Gasteiger partial charge < -0.3 is 30.5 Å². The van der Waals surface area contributed by atoms with Crippen LogP contribution in [0, 0.1) is 5.92 Å². The molecular weight excluding hydrogens is 602 g/mol. The molecule has 0 spiro atoms. The molecule has 2 aliphatic heterocycles. The second-order valence-corrected chi connectivity index (χ2v) is 13.2. The van der Waals surface area contributed by atoms with Crippen molar-refractivity contribution in [3.8, 4) is 5.75 Å². The van der Waals surface area contributed by atoms with Gasteiger partial charge in [0, 0.05) is 19.1 Å². The van der Waals surface area contributed by atoms with Crippen LogP contribution in [0.4, 0.5) is 0 Å². The first-order chi connectivity index (χ1) is 23.4. The van der Waals surface area contributed by atoms with Crippen LogP contribution in [0.1, 0.15) is 48.8 Å². The van der Waals surface area contributed by atoms with Crippen LogP contribution in [0.3, 0.4) is 0 Å². The lowest BCUT2D eigenvalue weighted by Gasteiger charge is -2.33. The van der Waals surface area contributed by atoms with Crippen molar-refractivity contribution in [3.63, 3.8) is 0 Å². The van der Waals surface area contributed by atoms with Crippen molar-refractivity contribution >= 4 is 17.7 Å². The molecular formula is C39H51N5O4. The molecule has 9 heteroatoms. The Morgan fingerprint density at radius 3 is 2.23 bits per heavy atom. The summed E-state index contributed by atoms with van der Waals surface area (Å²) in [4.78, 5) is 46.0. The highest BCUT2D eigenvalue weighted by Crippen LogP contribution is 2.35. The fraction of sp³-hybridized carbons (Fsp3) is 0.462. The number of rotatable bonds is 15. The first kappa shape index (κ1) is 35.1. The van der Waals surface area contributed by atoms with E-state index in [0.717, 1.165) is 55.6 Å². The Hall–Kier alpha value is -4.21. The van der Waals surface area contributed by atoms with Crippen molar-refractivity contribution in [2.45, 2.75) is 75.7 Å². The highest BCUT2D eigenvalue weighted by molar-refractivity contribution is 5.94. The third kappa shape index (κ3) is 9.23. The normalized spacial score (nSPS) is 21.3. The number of carbonyl (C=O) groups is 3. The lowest BCUT2D eigenvalue weighted by Crippen LogP contribution is -2.58. The Kier molecular flexibility index (Phi) is 12.6. The minimum Gasteiger partial charge on any atom is -0.497 e. The quantitative estimate of drug-likeness (QED) is 0.230. The molecule has 3 amide bonds. The Labute approximate surface area is 285 Å². The van der Waals surface area contributed by atoms with Crippen LogP contribution >= 0.6 is 0 Å². The maximum Gasteiger partial charge on any atom is 0.246 e. The van der Waals surface area contributed by atoms with Crippen LogP contribution in [0.5, 0.6) is 5.75 Å². The zero-order chi connectivity index (χ0) is 33.9. The second-order valence-electron chi connectivity index (χ2n) is 13.2. The van der Waals surface area contributed by atoms with Crippen LogP contribution in [-0.4, -0.2) is 86.0 Å². The molecule has 0 aromatic heterocycles. The molecule has 0 unspecified atom stereocenters. The molecule has 0 radical (unpaired) electrons. The zero-order valence-electron chi connectivity index (χ0n) is 28.6. The first-order valence-electron chi connectivity index (χ1n) is 17.3. The van der Waals surface area contributed by atoms with Crippen molar-refractivity contribution < 1.29 is 19.1 Å². The van der Waals surface area contributed by atoms with Gasteiger partial charge in [-0.05, 0) is 100 Å². The van der Waals surface area contributed by atoms with Gasteiger partial charge in [0.1, 0.15) is 17.8 Å². The average Bonchev–Trinajstić information content (AvgIpc) is 3.49. The van der Waals surface area contributed by atoms with E-state index in [4.69, 9.17) is 4.74 Å². The third-order valence-corrected chi connectivity index (χ3v) is 9.96. The van der Waals surface area contributed by atoms with Gasteiger partial charge in [-0.2, -0.15) is 0 Å². The third-order valence-electron chi connectivity index (χ3n) is 9.96. The number of ether oxygens (including phenoxy) is 1. The van der Waals surface area contributed by atoms with Crippen LogP contribution < -0.4 is 20.7 Å². The van der Waals surface area contributed by atoms with Gasteiger partial charge >= 0.3 is 0 Å². The van der Waals surface area contributed by atoms with Gasteiger partial charge in [0.25, 0.3) is 0 Å². The number of benzene rings is 3. The van der Waals surface area contributed by atoms with Crippen LogP contribution in [0.2, 0.25) is 0 Å². The lowest BCUT2D eigenvalue weighted by atomic mass is 9.89. The van der Waals surface area contributed by atoms with Gasteiger partial charge in [0.05, 0.1) is 13.2 Å². The van der Waals surface area contributed by atoms with E-state index in [1.54, 1.807) is 14.2 Å². The molecule has 2 fully saturated rings. The highest BCUT2D eigenvalue weighted by Gasteiger charge is 2.47. The largest absolute Gasteiger partial charge is 0.497 e. The summed E-state index contributed by atoms with van der Waals surface area (Å²) in [6.45, 7) is 2.08. The summed E-state index contributed by atoms with van der Waals surface area (Å²) in [5.74, 6) is 0.300. The Morgan fingerprint density at radius 2 is 1.56 bits per heavy atom. The maximum absolute atomic E-state index is 14.5. The van der Waals surface area contributed by atoms with E-state index in [1.165, 1.54) is 5.56 Å². The molecule has 5 atom stereocenters. The average molecular weight is 654 g/mol. The highest BCUT2D eigenvalue weighted by atomic mass is 16.5. The van der Waals surface area contributed by atoms with Crippen molar-refractivity contribution in [3.05, 3.63) is 102 Å². The van der Waals surface area contributed by atoms with E-state index in [2.05, 4.69) is 40.0 Å². The number of hydrogen-bond acceptors (Lipinski definition) is 6. The van der Waals surface area contributed by atoms with Gasteiger partial charge in [-0.25, -0.2) is 0 Å². The van der Waals surface area contributed by atoms with Crippen molar-refractivity contribution in [2.24, 2.45) is 5.92 Å². The molecule has 2 saturated heterocycles. The Bertz CT molecular complexity index is 1470. The molecule has 3 aromatic carbocycles. The molecule has 9 nitrogen and oxygen atoms in total. The van der Waals surface area contributed by atoms with E-state index in [0.29, 0.717) is 25.8 Å². The van der Waals surface area contributed by atoms with Crippen molar-refractivity contribution in [2.75, 3.05) is 34.3 Å². The minimum atomic E-state index is -0.702. The number of likely N-dealkylation sites (N-methyl/N-ethyl adjacent to an activating group) is 1. The molecule has 2 aliphatic rings. The molecule has 5 rings (SSSR count). The minimum absolute atomic E-state index is 0.00861. The molecule has 2 heterocycles. The predicted molar refractivity (Wildman–Crippen MR) is 188 cm³/mol.